The maximum atomic E-state index is 12.1. The number of carbonyl (C=O) groups is 1. The molecule has 0 spiro atoms. The third-order valence-electron chi connectivity index (χ3n) is 3.07. The predicted molar refractivity (Wildman–Crippen MR) is 79.8 cm³/mol. The number of aromatic nitrogens is 2. The summed E-state index contributed by atoms with van der Waals surface area (Å²) in [5.41, 5.74) is 0.798. The van der Waals surface area contributed by atoms with Gasteiger partial charge in [0.05, 0.1) is 16.5 Å². The van der Waals surface area contributed by atoms with Crippen LogP contribution in [0.25, 0.3) is 22.3 Å². The third-order valence-corrected chi connectivity index (χ3v) is 3.32. The molecule has 0 aliphatic carbocycles. The highest BCUT2D eigenvalue weighted by molar-refractivity contribution is 6.30. The predicted octanol–water partition coefficient (Wildman–Crippen LogP) is 2.94. The van der Waals surface area contributed by atoms with Gasteiger partial charge in [-0.05, 0) is 42.5 Å². The lowest BCUT2D eigenvalue weighted by Gasteiger charge is -2.04. The zero-order chi connectivity index (χ0) is 15.0. The first-order chi connectivity index (χ1) is 10.0. The normalized spacial score (nSPS) is 10.7. The summed E-state index contributed by atoms with van der Waals surface area (Å²) in [5, 5.41) is 9.93. The van der Waals surface area contributed by atoms with Gasteiger partial charge in [-0.2, -0.15) is 0 Å². The van der Waals surface area contributed by atoms with Crippen molar-refractivity contribution in [3.8, 4) is 11.4 Å². The van der Waals surface area contributed by atoms with Crippen molar-refractivity contribution >= 4 is 28.5 Å². The first kappa shape index (κ1) is 13.3. The van der Waals surface area contributed by atoms with Crippen molar-refractivity contribution in [3.63, 3.8) is 0 Å². The van der Waals surface area contributed by atoms with Crippen LogP contribution in [0.4, 0.5) is 0 Å². The summed E-state index contributed by atoms with van der Waals surface area (Å²) < 4.78 is 0. The number of nitrogens with zero attached hydrogens (tertiary/aromatic N) is 1. The summed E-state index contributed by atoms with van der Waals surface area (Å²) in [4.78, 5) is 30.0. The summed E-state index contributed by atoms with van der Waals surface area (Å²) in [6, 6.07) is 11.1. The number of hydrogen-bond acceptors (Lipinski definition) is 3. The number of H-pyrrole nitrogens is 1. The van der Waals surface area contributed by atoms with E-state index in [9.17, 15) is 9.59 Å². The maximum Gasteiger partial charge on any atom is 0.335 e. The fourth-order valence-corrected chi connectivity index (χ4v) is 2.14. The molecule has 0 amide bonds. The van der Waals surface area contributed by atoms with Crippen LogP contribution in [-0.4, -0.2) is 21.0 Å². The molecule has 3 rings (SSSR count). The first-order valence-electron chi connectivity index (χ1n) is 6.08. The van der Waals surface area contributed by atoms with Gasteiger partial charge in [0.2, 0.25) is 0 Å². The number of fused-ring (bicyclic) bond motifs is 1. The Morgan fingerprint density at radius 2 is 1.86 bits per heavy atom. The van der Waals surface area contributed by atoms with E-state index in [-0.39, 0.29) is 11.1 Å². The largest absolute Gasteiger partial charge is 0.478 e. The molecule has 1 aromatic heterocycles. The van der Waals surface area contributed by atoms with E-state index in [0.717, 1.165) is 0 Å². The van der Waals surface area contributed by atoms with Crippen LogP contribution < -0.4 is 5.56 Å². The lowest BCUT2D eigenvalue weighted by molar-refractivity contribution is 0.0697. The van der Waals surface area contributed by atoms with Crippen LogP contribution in [0, 0.1) is 0 Å². The van der Waals surface area contributed by atoms with Gasteiger partial charge in [0.15, 0.2) is 0 Å². The van der Waals surface area contributed by atoms with Crippen LogP contribution in [0.15, 0.2) is 47.3 Å². The second kappa shape index (κ2) is 5.03. The van der Waals surface area contributed by atoms with Crippen LogP contribution in [0.5, 0.6) is 0 Å². The number of carboxylic acids is 1. The fourth-order valence-electron chi connectivity index (χ4n) is 2.02. The van der Waals surface area contributed by atoms with E-state index in [1.165, 1.54) is 18.2 Å². The van der Waals surface area contributed by atoms with E-state index in [1.807, 2.05) is 0 Å². The summed E-state index contributed by atoms with van der Waals surface area (Å²) in [7, 11) is 0. The molecule has 0 saturated carbocycles. The standard InChI is InChI=1S/C15H9ClN2O3/c16-10-4-1-8(2-5-10)13-17-12-7-9(15(20)21)3-6-11(12)14(19)18-13/h1-7H,(H,20,21)(H,17,18,19). The topological polar surface area (TPSA) is 83.0 Å². The zero-order valence-electron chi connectivity index (χ0n) is 10.6. The Morgan fingerprint density at radius 1 is 1.14 bits per heavy atom. The molecule has 0 radical (unpaired) electrons. The lowest BCUT2D eigenvalue weighted by atomic mass is 10.1. The lowest BCUT2D eigenvalue weighted by Crippen LogP contribution is -2.10. The van der Waals surface area contributed by atoms with Gasteiger partial charge in [-0.1, -0.05) is 11.6 Å². The molecule has 21 heavy (non-hydrogen) atoms. The molecule has 5 nitrogen and oxygen atoms in total. The quantitative estimate of drug-likeness (QED) is 0.762. The van der Waals surface area contributed by atoms with Crippen LogP contribution in [0.2, 0.25) is 5.02 Å². The number of halogens is 1. The van der Waals surface area contributed by atoms with Crippen molar-refractivity contribution in [2.75, 3.05) is 0 Å². The van der Waals surface area contributed by atoms with Crippen molar-refractivity contribution in [2.45, 2.75) is 0 Å². The molecular formula is C15H9ClN2O3. The number of rotatable bonds is 2. The van der Waals surface area contributed by atoms with Gasteiger partial charge in [-0.3, -0.25) is 4.79 Å². The Morgan fingerprint density at radius 3 is 2.52 bits per heavy atom. The van der Waals surface area contributed by atoms with E-state index in [0.29, 0.717) is 27.3 Å². The highest BCUT2D eigenvalue weighted by atomic mass is 35.5. The van der Waals surface area contributed by atoms with Gasteiger partial charge in [-0.25, -0.2) is 9.78 Å². The van der Waals surface area contributed by atoms with E-state index in [1.54, 1.807) is 24.3 Å². The Labute approximate surface area is 123 Å². The molecule has 0 saturated heterocycles. The highest BCUT2D eigenvalue weighted by Gasteiger charge is 2.09. The summed E-state index contributed by atoms with van der Waals surface area (Å²) in [6.07, 6.45) is 0. The Bertz CT molecular complexity index is 901. The highest BCUT2D eigenvalue weighted by Crippen LogP contribution is 2.19. The zero-order valence-corrected chi connectivity index (χ0v) is 11.4. The van der Waals surface area contributed by atoms with Gasteiger partial charge in [0, 0.05) is 10.6 Å². The molecular weight excluding hydrogens is 292 g/mol. The molecule has 0 aliphatic rings. The van der Waals surface area contributed by atoms with Gasteiger partial charge in [0.25, 0.3) is 5.56 Å². The molecule has 0 unspecified atom stereocenters. The summed E-state index contributed by atoms with van der Waals surface area (Å²) >= 11 is 5.82. The molecule has 2 N–H and O–H groups in total. The first-order valence-corrected chi connectivity index (χ1v) is 6.46. The fraction of sp³-hybridized carbons (Fsp3) is 0. The van der Waals surface area contributed by atoms with E-state index in [2.05, 4.69) is 9.97 Å². The van der Waals surface area contributed by atoms with Gasteiger partial charge in [0.1, 0.15) is 5.82 Å². The molecule has 0 bridgehead atoms. The van der Waals surface area contributed by atoms with Crippen molar-refractivity contribution in [2.24, 2.45) is 0 Å². The van der Waals surface area contributed by atoms with Gasteiger partial charge >= 0.3 is 5.97 Å². The average Bonchev–Trinajstić information content (AvgIpc) is 2.47. The van der Waals surface area contributed by atoms with Crippen molar-refractivity contribution in [1.82, 2.24) is 9.97 Å². The second-order valence-electron chi connectivity index (χ2n) is 4.46. The molecule has 6 heteroatoms. The second-order valence-corrected chi connectivity index (χ2v) is 4.89. The molecule has 0 aliphatic heterocycles. The van der Waals surface area contributed by atoms with E-state index < -0.39 is 5.97 Å². The monoisotopic (exact) mass is 300 g/mol. The average molecular weight is 301 g/mol. The van der Waals surface area contributed by atoms with Crippen LogP contribution in [0.3, 0.4) is 0 Å². The number of aromatic carboxylic acids is 1. The van der Waals surface area contributed by atoms with Crippen molar-refractivity contribution in [1.29, 1.82) is 0 Å². The van der Waals surface area contributed by atoms with Crippen molar-refractivity contribution < 1.29 is 9.90 Å². The Balaban J connectivity index is 2.23. The molecule has 104 valence electrons. The summed E-state index contributed by atoms with van der Waals surface area (Å²) in [5.74, 6) is -0.696. The summed E-state index contributed by atoms with van der Waals surface area (Å²) in [6.45, 7) is 0. The Hall–Kier alpha value is -2.66. The number of carboxylic acid groups (broad SMARTS) is 1. The third kappa shape index (κ3) is 2.51. The smallest absolute Gasteiger partial charge is 0.335 e. The minimum atomic E-state index is -1.06. The van der Waals surface area contributed by atoms with Crippen LogP contribution in [-0.2, 0) is 0 Å². The SMILES string of the molecule is O=C(O)c1ccc2c(=O)[nH]c(-c3ccc(Cl)cc3)nc2c1. The maximum absolute atomic E-state index is 12.1. The van der Waals surface area contributed by atoms with Gasteiger partial charge in [-0.15, -0.1) is 0 Å². The number of nitrogens with one attached hydrogen (secondary N) is 1. The minimum Gasteiger partial charge on any atom is -0.478 e. The number of benzene rings is 2. The van der Waals surface area contributed by atoms with E-state index >= 15 is 0 Å². The van der Waals surface area contributed by atoms with E-state index in [4.69, 9.17) is 16.7 Å². The Kier molecular flexibility index (Phi) is 3.19. The molecule has 0 fully saturated rings. The molecule has 2 aromatic carbocycles. The minimum absolute atomic E-state index is 0.0858. The van der Waals surface area contributed by atoms with Crippen LogP contribution in [0.1, 0.15) is 10.4 Å². The van der Waals surface area contributed by atoms with Gasteiger partial charge < -0.3 is 10.1 Å². The van der Waals surface area contributed by atoms with Crippen LogP contribution >= 0.6 is 11.6 Å². The number of aromatic amines is 1. The molecule has 3 aromatic rings. The molecule has 1 heterocycles. The van der Waals surface area contributed by atoms with Crippen molar-refractivity contribution in [3.05, 3.63) is 63.4 Å². The number of hydrogen-bond donors (Lipinski definition) is 2. The molecule has 0 atom stereocenters.